The van der Waals surface area contributed by atoms with Gasteiger partial charge in [0.1, 0.15) is 11.9 Å². The fraction of sp³-hybridized carbons (Fsp3) is 0.174. The van der Waals surface area contributed by atoms with Crippen LogP contribution < -0.4 is 5.32 Å². The summed E-state index contributed by atoms with van der Waals surface area (Å²) >= 11 is 0. The molecule has 1 aliphatic heterocycles. The molecule has 4 rings (SSSR count). The maximum absolute atomic E-state index is 13.3. The molecule has 1 N–H and O–H groups in total. The summed E-state index contributed by atoms with van der Waals surface area (Å²) < 4.78 is 41.2. The molecule has 0 saturated heterocycles. The predicted molar refractivity (Wildman–Crippen MR) is 111 cm³/mol. The van der Waals surface area contributed by atoms with Crippen LogP contribution in [0.3, 0.4) is 0 Å². The Morgan fingerprint density at radius 1 is 0.933 bits per heavy atom. The molecule has 0 bridgehead atoms. The summed E-state index contributed by atoms with van der Waals surface area (Å²) in [6.45, 7) is 0.390. The van der Waals surface area contributed by atoms with Gasteiger partial charge in [0.25, 0.3) is 0 Å². The van der Waals surface area contributed by atoms with Crippen LogP contribution in [0.15, 0.2) is 83.8 Å². The number of sulfonamides is 1. The summed E-state index contributed by atoms with van der Waals surface area (Å²) in [6.07, 6.45) is 0.275. The van der Waals surface area contributed by atoms with Gasteiger partial charge < -0.3 is 5.32 Å². The molecule has 154 valence electrons. The standard InChI is InChI=1S/C23H21FN2O3S/c24-20-10-12-21(13-11-20)30(28,29)26-16-19-9-5-4-8-18(19)14-22(26)23(27)25-15-17-6-2-1-3-7-17/h1-13,22H,14-16H2,(H,25,27). The number of rotatable bonds is 5. The lowest BCUT2D eigenvalue weighted by Crippen LogP contribution is -2.52. The van der Waals surface area contributed by atoms with Crippen molar-refractivity contribution in [3.8, 4) is 0 Å². The first-order chi connectivity index (χ1) is 14.4. The minimum Gasteiger partial charge on any atom is -0.351 e. The van der Waals surface area contributed by atoms with E-state index in [-0.39, 0.29) is 23.8 Å². The highest BCUT2D eigenvalue weighted by Crippen LogP contribution is 2.29. The number of nitrogens with zero attached hydrogens (tertiary/aromatic N) is 1. The number of carbonyl (C=O) groups excluding carboxylic acids is 1. The van der Waals surface area contributed by atoms with Gasteiger partial charge in [0.15, 0.2) is 0 Å². The van der Waals surface area contributed by atoms with Gasteiger partial charge in [0.2, 0.25) is 15.9 Å². The molecule has 0 radical (unpaired) electrons. The van der Waals surface area contributed by atoms with E-state index in [0.717, 1.165) is 28.8 Å². The highest BCUT2D eigenvalue weighted by Gasteiger charge is 2.39. The molecule has 30 heavy (non-hydrogen) atoms. The van der Waals surface area contributed by atoms with Gasteiger partial charge >= 0.3 is 0 Å². The van der Waals surface area contributed by atoms with Gasteiger partial charge in [0.05, 0.1) is 4.90 Å². The molecule has 0 aliphatic carbocycles. The zero-order chi connectivity index (χ0) is 21.1. The monoisotopic (exact) mass is 424 g/mol. The second-order valence-electron chi connectivity index (χ2n) is 7.20. The van der Waals surface area contributed by atoms with E-state index in [2.05, 4.69) is 5.32 Å². The Morgan fingerprint density at radius 2 is 1.57 bits per heavy atom. The van der Waals surface area contributed by atoms with Crippen molar-refractivity contribution >= 4 is 15.9 Å². The molecule has 7 heteroatoms. The fourth-order valence-electron chi connectivity index (χ4n) is 3.62. The Bertz CT molecular complexity index is 1150. The van der Waals surface area contributed by atoms with E-state index in [1.165, 1.54) is 16.4 Å². The fourth-order valence-corrected chi connectivity index (χ4v) is 5.19. The van der Waals surface area contributed by atoms with Crippen molar-refractivity contribution in [1.29, 1.82) is 0 Å². The van der Waals surface area contributed by atoms with Crippen LogP contribution in [0.5, 0.6) is 0 Å². The molecule has 1 atom stereocenters. The van der Waals surface area contributed by atoms with E-state index in [1.54, 1.807) is 0 Å². The molecule has 5 nitrogen and oxygen atoms in total. The summed E-state index contributed by atoms with van der Waals surface area (Å²) in [4.78, 5) is 13.0. The average Bonchev–Trinajstić information content (AvgIpc) is 2.77. The summed E-state index contributed by atoms with van der Waals surface area (Å²) in [5, 5.41) is 2.86. The first-order valence-corrected chi connectivity index (χ1v) is 11.0. The number of fused-ring (bicyclic) bond motifs is 1. The molecule has 1 aliphatic rings. The molecular formula is C23H21FN2O3S. The quantitative estimate of drug-likeness (QED) is 0.684. The van der Waals surface area contributed by atoms with Crippen LogP contribution >= 0.6 is 0 Å². The number of benzene rings is 3. The van der Waals surface area contributed by atoms with Crippen LogP contribution in [0.2, 0.25) is 0 Å². The zero-order valence-electron chi connectivity index (χ0n) is 16.2. The van der Waals surface area contributed by atoms with Crippen molar-refractivity contribution in [3.63, 3.8) is 0 Å². The van der Waals surface area contributed by atoms with E-state index in [4.69, 9.17) is 0 Å². The summed E-state index contributed by atoms with van der Waals surface area (Å²) in [7, 11) is -3.99. The zero-order valence-corrected chi connectivity index (χ0v) is 17.0. The van der Waals surface area contributed by atoms with Crippen LogP contribution in [0.1, 0.15) is 16.7 Å². The topological polar surface area (TPSA) is 66.5 Å². The summed E-state index contributed by atoms with van der Waals surface area (Å²) in [5.41, 5.74) is 2.73. The van der Waals surface area contributed by atoms with Gasteiger partial charge in [-0.1, -0.05) is 54.6 Å². The Labute approximate surface area is 175 Å². The van der Waals surface area contributed by atoms with Crippen molar-refractivity contribution in [2.24, 2.45) is 0 Å². The molecule has 1 heterocycles. The van der Waals surface area contributed by atoms with E-state index in [1.807, 2.05) is 54.6 Å². The Balaban J connectivity index is 1.65. The van der Waals surface area contributed by atoms with Crippen LogP contribution in [-0.4, -0.2) is 24.7 Å². The molecule has 1 amide bonds. The number of hydrogen-bond acceptors (Lipinski definition) is 3. The normalized spacial score (nSPS) is 16.6. The second-order valence-corrected chi connectivity index (χ2v) is 9.09. The highest BCUT2D eigenvalue weighted by atomic mass is 32.2. The summed E-state index contributed by atoms with van der Waals surface area (Å²) in [5.74, 6) is -0.880. The second kappa shape index (κ2) is 8.38. The highest BCUT2D eigenvalue weighted by molar-refractivity contribution is 7.89. The first-order valence-electron chi connectivity index (χ1n) is 9.61. The van der Waals surface area contributed by atoms with E-state index in [0.29, 0.717) is 6.54 Å². The maximum Gasteiger partial charge on any atom is 0.244 e. The van der Waals surface area contributed by atoms with Gasteiger partial charge in [0, 0.05) is 13.1 Å². The lowest BCUT2D eigenvalue weighted by atomic mass is 9.95. The van der Waals surface area contributed by atoms with Crippen molar-refractivity contribution < 1.29 is 17.6 Å². The van der Waals surface area contributed by atoms with E-state index >= 15 is 0 Å². The van der Waals surface area contributed by atoms with Crippen LogP contribution in [0, 0.1) is 5.82 Å². The predicted octanol–water partition coefficient (Wildman–Crippen LogP) is 3.26. The Kier molecular flexibility index (Phi) is 5.65. The number of halogens is 1. The van der Waals surface area contributed by atoms with Crippen LogP contribution in [-0.2, 0) is 34.3 Å². The number of hydrogen-bond donors (Lipinski definition) is 1. The Morgan fingerprint density at radius 3 is 2.27 bits per heavy atom. The molecule has 1 unspecified atom stereocenters. The SMILES string of the molecule is O=C(NCc1ccccc1)C1Cc2ccccc2CN1S(=O)(=O)c1ccc(F)cc1. The Hall–Kier alpha value is -3.03. The number of amides is 1. The third-order valence-corrected chi connectivity index (χ3v) is 7.11. The van der Waals surface area contributed by atoms with E-state index < -0.39 is 21.9 Å². The first kappa shape index (κ1) is 20.3. The van der Waals surface area contributed by atoms with Crippen molar-refractivity contribution in [2.75, 3.05) is 0 Å². The third kappa shape index (κ3) is 4.13. The van der Waals surface area contributed by atoms with Gasteiger partial charge in [-0.25, -0.2) is 12.8 Å². The average molecular weight is 424 g/mol. The lowest BCUT2D eigenvalue weighted by Gasteiger charge is -2.35. The molecule has 0 saturated carbocycles. The molecule has 0 aromatic heterocycles. The van der Waals surface area contributed by atoms with Gasteiger partial charge in [-0.3, -0.25) is 4.79 Å². The number of carbonyl (C=O) groups is 1. The van der Waals surface area contributed by atoms with Crippen molar-refractivity contribution in [3.05, 3.63) is 101 Å². The van der Waals surface area contributed by atoms with Crippen LogP contribution in [0.25, 0.3) is 0 Å². The third-order valence-electron chi connectivity index (χ3n) is 5.24. The smallest absolute Gasteiger partial charge is 0.244 e. The molecular weight excluding hydrogens is 403 g/mol. The molecule has 3 aromatic rings. The number of nitrogens with one attached hydrogen (secondary N) is 1. The largest absolute Gasteiger partial charge is 0.351 e. The molecule has 0 fully saturated rings. The van der Waals surface area contributed by atoms with Gasteiger partial charge in [-0.05, 0) is 47.4 Å². The van der Waals surface area contributed by atoms with Crippen LogP contribution in [0.4, 0.5) is 4.39 Å². The van der Waals surface area contributed by atoms with Gasteiger partial charge in [-0.15, -0.1) is 0 Å². The molecule has 0 spiro atoms. The minimum absolute atomic E-state index is 0.0378. The summed E-state index contributed by atoms with van der Waals surface area (Å²) in [6, 6.07) is 20.7. The molecule has 3 aromatic carbocycles. The lowest BCUT2D eigenvalue weighted by molar-refractivity contribution is -0.125. The minimum atomic E-state index is -3.99. The van der Waals surface area contributed by atoms with Gasteiger partial charge in [-0.2, -0.15) is 4.31 Å². The van der Waals surface area contributed by atoms with Crippen molar-refractivity contribution in [2.45, 2.75) is 30.4 Å². The van der Waals surface area contributed by atoms with E-state index in [9.17, 15) is 17.6 Å². The van der Waals surface area contributed by atoms with Crippen molar-refractivity contribution in [1.82, 2.24) is 9.62 Å². The maximum atomic E-state index is 13.3.